The smallest absolute Gasteiger partial charge is 0.336 e. The van der Waals surface area contributed by atoms with Gasteiger partial charge in [-0.15, -0.1) is 0 Å². The summed E-state index contributed by atoms with van der Waals surface area (Å²) in [6.45, 7) is 3.67. The van der Waals surface area contributed by atoms with Crippen LogP contribution in [0.15, 0.2) is 18.3 Å². The number of aromatic nitrogens is 1. The summed E-state index contributed by atoms with van der Waals surface area (Å²) in [4.78, 5) is 49.7. The van der Waals surface area contributed by atoms with Crippen molar-refractivity contribution in [1.29, 1.82) is 0 Å². The molecule has 14 nitrogen and oxygen atoms in total. The van der Waals surface area contributed by atoms with Crippen LogP contribution in [0.5, 0.6) is 0 Å². The number of aromatic carboxylic acids is 1. The molecule has 0 fully saturated rings. The number of carbonyl (C=O) groups is 4. The SMILES string of the molecule is CCCN(CCN(CCN(CCNCC(=O)O)CC(=O)O)Cc1cc(C(=O)O)cc[n+]1[O-])CC(=O)O. The third-order valence-electron chi connectivity index (χ3n) is 5.23. The first-order valence-corrected chi connectivity index (χ1v) is 11.5. The molecule has 5 N–H and O–H groups in total. The zero-order chi connectivity index (χ0) is 27.1. The molecule has 0 spiro atoms. The maximum atomic E-state index is 12.3. The minimum Gasteiger partial charge on any atom is -0.618 e. The van der Waals surface area contributed by atoms with Crippen LogP contribution in [-0.2, 0) is 20.9 Å². The molecular formula is C22H35N5O9. The number of aliphatic carboxylic acids is 3. The average Bonchev–Trinajstić information content (AvgIpc) is 2.78. The second-order valence-corrected chi connectivity index (χ2v) is 8.22. The number of nitrogens with one attached hydrogen (secondary N) is 1. The van der Waals surface area contributed by atoms with E-state index in [1.54, 1.807) is 9.80 Å². The standard InChI is InChI=1S/C22H35N5O9/c1-2-5-24(15-20(30)31)8-10-26(14-18-12-17(22(34)35)3-6-27(18)36)11-9-25(16-21(32)33)7-4-23-13-19(28)29/h3,6,12,23H,2,4-5,7-11,13-16H2,1H3,(H,28,29)(H,30,31)(H,32,33)(H,34,35). The van der Waals surface area contributed by atoms with Gasteiger partial charge in [-0.05, 0) is 13.0 Å². The minimum atomic E-state index is -1.18. The third-order valence-corrected chi connectivity index (χ3v) is 5.23. The predicted molar refractivity (Wildman–Crippen MR) is 127 cm³/mol. The largest absolute Gasteiger partial charge is 0.618 e. The monoisotopic (exact) mass is 513 g/mol. The fraction of sp³-hybridized carbons (Fsp3) is 0.591. The summed E-state index contributed by atoms with van der Waals surface area (Å²) in [5, 5.41) is 51.4. The van der Waals surface area contributed by atoms with E-state index in [4.69, 9.17) is 10.2 Å². The molecule has 1 aromatic heterocycles. The Morgan fingerprint density at radius 1 is 0.861 bits per heavy atom. The van der Waals surface area contributed by atoms with Gasteiger partial charge in [0.25, 0.3) is 0 Å². The van der Waals surface area contributed by atoms with Crippen LogP contribution in [0, 0.1) is 5.21 Å². The lowest BCUT2D eigenvalue weighted by Gasteiger charge is -2.28. The van der Waals surface area contributed by atoms with Crippen molar-refractivity contribution >= 4 is 23.9 Å². The summed E-state index contributed by atoms with van der Waals surface area (Å²) >= 11 is 0. The molecule has 0 aliphatic rings. The number of hydrogen-bond acceptors (Lipinski definition) is 9. The van der Waals surface area contributed by atoms with Gasteiger partial charge in [0.2, 0.25) is 5.69 Å². The number of pyridine rings is 1. The van der Waals surface area contributed by atoms with Gasteiger partial charge in [0.1, 0.15) is 0 Å². The lowest BCUT2D eigenvalue weighted by molar-refractivity contribution is -0.615. The van der Waals surface area contributed by atoms with Crippen LogP contribution in [0.3, 0.4) is 0 Å². The molecule has 1 aromatic rings. The first-order chi connectivity index (χ1) is 17.0. The van der Waals surface area contributed by atoms with E-state index < -0.39 is 23.9 Å². The lowest BCUT2D eigenvalue weighted by atomic mass is 10.2. The van der Waals surface area contributed by atoms with Gasteiger partial charge in [-0.2, -0.15) is 4.73 Å². The topological polar surface area (TPSA) is 198 Å². The van der Waals surface area contributed by atoms with Gasteiger partial charge in [-0.1, -0.05) is 6.92 Å². The highest BCUT2D eigenvalue weighted by atomic mass is 16.5. The van der Waals surface area contributed by atoms with Gasteiger partial charge >= 0.3 is 23.9 Å². The molecule has 0 amide bonds. The summed E-state index contributed by atoms with van der Waals surface area (Å²) in [6.07, 6.45) is 1.85. The van der Waals surface area contributed by atoms with E-state index in [1.807, 2.05) is 11.8 Å². The summed E-state index contributed by atoms with van der Waals surface area (Å²) in [5.74, 6) is -4.23. The molecule has 0 radical (unpaired) electrons. The van der Waals surface area contributed by atoms with Crippen molar-refractivity contribution in [3.63, 3.8) is 0 Å². The molecule has 0 aliphatic carbocycles. The quantitative estimate of drug-likeness (QED) is 0.0782. The Morgan fingerprint density at radius 2 is 1.42 bits per heavy atom. The zero-order valence-corrected chi connectivity index (χ0v) is 20.3. The van der Waals surface area contributed by atoms with Crippen molar-refractivity contribution < 1.29 is 44.3 Å². The van der Waals surface area contributed by atoms with Crippen molar-refractivity contribution in [2.45, 2.75) is 19.9 Å². The maximum absolute atomic E-state index is 12.3. The van der Waals surface area contributed by atoms with E-state index in [1.165, 1.54) is 12.1 Å². The van der Waals surface area contributed by atoms with E-state index in [2.05, 4.69) is 5.32 Å². The Hall–Kier alpha value is -3.33. The molecule has 0 saturated carbocycles. The summed E-state index contributed by atoms with van der Waals surface area (Å²) in [7, 11) is 0. The van der Waals surface area contributed by atoms with Crippen molar-refractivity contribution in [1.82, 2.24) is 20.0 Å². The van der Waals surface area contributed by atoms with Crippen LogP contribution in [0.2, 0.25) is 0 Å². The maximum Gasteiger partial charge on any atom is 0.336 e. The molecule has 14 heteroatoms. The number of rotatable bonds is 20. The van der Waals surface area contributed by atoms with Crippen LogP contribution in [-0.4, -0.2) is 124 Å². The molecule has 0 atom stereocenters. The predicted octanol–water partition coefficient (Wildman–Crippen LogP) is -1.32. The zero-order valence-electron chi connectivity index (χ0n) is 20.3. The Labute approximate surface area is 208 Å². The van der Waals surface area contributed by atoms with Crippen LogP contribution < -0.4 is 10.0 Å². The lowest BCUT2D eigenvalue weighted by Crippen LogP contribution is -2.45. The van der Waals surface area contributed by atoms with Crippen LogP contribution in [0.25, 0.3) is 0 Å². The van der Waals surface area contributed by atoms with E-state index in [0.717, 1.165) is 12.6 Å². The molecule has 0 bridgehead atoms. The van der Waals surface area contributed by atoms with Gasteiger partial charge in [-0.3, -0.25) is 29.1 Å². The molecule has 0 aliphatic heterocycles. The number of hydrogen-bond donors (Lipinski definition) is 5. The minimum absolute atomic E-state index is 0.0486. The molecule has 36 heavy (non-hydrogen) atoms. The second kappa shape index (κ2) is 16.4. The molecule has 202 valence electrons. The Bertz CT molecular complexity index is 883. The van der Waals surface area contributed by atoms with Crippen molar-refractivity contribution in [2.24, 2.45) is 0 Å². The Morgan fingerprint density at radius 3 is 1.92 bits per heavy atom. The van der Waals surface area contributed by atoms with Crippen LogP contribution >= 0.6 is 0 Å². The fourth-order valence-electron chi connectivity index (χ4n) is 3.52. The second-order valence-electron chi connectivity index (χ2n) is 8.22. The highest BCUT2D eigenvalue weighted by Crippen LogP contribution is 2.06. The number of carboxylic acid groups (broad SMARTS) is 4. The van der Waals surface area contributed by atoms with Crippen LogP contribution in [0.1, 0.15) is 29.4 Å². The fourth-order valence-corrected chi connectivity index (χ4v) is 3.52. The number of carboxylic acids is 4. The normalized spacial score (nSPS) is 11.3. The van der Waals surface area contributed by atoms with Gasteiger partial charge < -0.3 is 31.0 Å². The molecular weight excluding hydrogens is 478 g/mol. The van der Waals surface area contributed by atoms with E-state index >= 15 is 0 Å². The number of nitrogens with zero attached hydrogens (tertiary/aromatic N) is 4. The highest BCUT2D eigenvalue weighted by molar-refractivity contribution is 5.87. The summed E-state index contributed by atoms with van der Waals surface area (Å²) in [6, 6.07) is 2.46. The van der Waals surface area contributed by atoms with Gasteiger partial charge in [0.15, 0.2) is 6.20 Å². The van der Waals surface area contributed by atoms with E-state index in [9.17, 15) is 34.6 Å². The van der Waals surface area contributed by atoms with Gasteiger partial charge in [0, 0.05) is 51.4 Å². The van der Waals surface area contributed by atoms with Gasteiger partial charge in [-0.25, -0.2) is 4.79 Å². The summed E-state index contributed by atoms with van der Waals surface area (Å²) in [5.41, 5.74) is 0.135. The average molecular weight is 514 g/mol. The molecule has 0 saturated heterocycles. The van der Waals surface area contributed by atoms with E-state index in [0.29, 0.717) is 30.9 Å². The Balaban J connectivity index is 2.97. The molecule has 1 rings (SSSR count). The molecule has 1 heterocycles. The molecule has 0 aromatic carbocycles. The first-order valence-electron chi connectivity index (χ1n) is 11.5. The highest BCUT2D eigenvalue weighted by Gasteiger charge is 2.19. The molecule has 0 unspecified atom stereocenters. The summed E-state index contributed by atoms with van der Waals surface area (Å²) < 4.78 is 0.561. The van der Waals surface area contributed by atoms with Crippen molar-refractivity contribution in [3.05, 3.63) is 34.8 Å². The van der Waals surface area contributed by atoms with Crippen LogP contribution in [0.4, 0.5) is 0 Å². The van der Waals surface area contributed by atoms with E-state index in [-0.39, 0.29) is 57.1 Å². The van der Waals surface area contributed by atoms with Gasteiger partial charge in [0.05, 0.1) is 31.7 Å². The van der Waals surface area contributed by atoms with Crippen molar-refractivity contribution in [3.8, 4) is 0 Å². The van der Waals surface area contributed by atoms with Crippen molar-refractivity contribution in [2.75, 3.05) is 65.4 Å². The first kappa shape index (κ1) is 30.7. The Kier molecular flexibility index (Phi) is 14.0. The third kappa shape index (κ3) is 12.9.